The quantitative estimate of drug-likeness (QED) is 0.562. The van der Waals surface area contributed by atoms with Crippen molar-refractivity contribution >= 4 is 17.5 Å². The number of anilines is 3. The topological polar surface area (TPSA) is 115 Å². The molecule has 0 bridgehead atoms. The average Bonchev–Trinajstić information content (AvgIpc) is 3.27. The van der Waals surface area contributed by atoms with Gasteiger partial charge in [0, 0.05) is 24.5 Å². The highest BCUT2D eigenvalue weighted by Gasteiger charge is 2.17. The Morgan fingerprint density at radius 2 is 1.97 bits per heavy atom. The number of aromatic nitrogens is 4. The summed E-state index contributed by atoms with van der Waals surface area (Å²) in [5.41, 5.74) is 1.64. The Hall–Kier alpha value is -3.37. The predicted octanol–water partition coefficient (Wildman–Crippen LogP) is 2.21. The maximum absolute atomic E-state index is 5.68. The molecule has 30 heavy (non-hydrogen) atoms. The number of rotatable bonds is 6. The van der Waals surface area contributed by atoms with Crippen molar-refractivity contribution in [3.05, 3.63) is 36.5 Å². The minimum Gasteiger partial charge on any atom is -0.486 e. The van der Waals surface area contributed by atoms with Crippen LogP contribution in [0.2, 0.25) is 0 Å². The summed E-state index contributed by atoms with van der Waals surface area (Å²) in [5.74, 6) is 3.27. The van der Waals surface area contributed by atoms with Crippen LogP contribution >= 0.6 is 0 Å². The highest BCUT2D eigenvalue weighted by molar-refractivity contribution is 5.71. The van der Waals surface area contributed by atoms with Crippen LogP contribution in [0.1, 0.15) is 0 Å². The first kappa shape index (κ1) is 18.6. The normalized spacial score (nSPS) is 18.1. The molecule has 1 saturated heterocycles. The molecule has 0 radical (unpaired) electrons. The molecule has 2 aliphatic rings. The van der Waals surface area contributed by atoms with Gasteiger partial charge >= 0.3 is 0 Å². The highest BCUT2D eigenvalue weighted by Crippen LogP contribution is 2.33. The number of pyridine rings is 1. The third-order valence-corrected chi connectivity index (χ3v) is 4.74. The van der Waals surface area contributed by atoms with E-state index < -0.39 is 0 Å². The molecule has 0 aliphatic carbocycles. The predicted molar refractivity (Wildman–Crippen MR) is 109 cm³/mol. The first-order valence-corrected chi connectivity index (χ1v) is 9.83. The number of fused-ring (bicyclic) bond motifs is 1. The number of benzene rings is 1. The molecule has 10 nitrogen and oxygen atoms in total. The molecule has 1 unspecified atom stereocenters. The lowest BCUT2D eigenvalue weighted by Crippen LogP contribution is -2.34. The first-order valence-electron chi connectivity index (χ1n) is 9.83. The van der Waals surface area contributed by atoms with E-state index >= 15 is 0 Å². The smallest absolute Gasteiger partial charge is 0.226 e. The maximum atomic E-state index is 5.68. The number of nitrogens with one attached hydrogen (secondary N) is 3. The van der Waals surface area contributed by atoms with Gasteiger partial charge in [0.1, 0.15) is 19.0 Å². The van der Waals surface area contributed by atoms with Crippen LogP contribution in [0.25, 0.3) is 11.4 Å². The lowest BCUT2D eigenvalue weighted by molar-refractivity contribution is -0.0819. The zero-order valence-corrected chi connectivity index (χ0v) is 16.3. The van der Waals surface area contributed by atoms with Crippen molar-refractivity contribution in [1.82, 2.24) is 20.2 Å². The summed E-state index contributed by atoms with van der Waals surface area (Å²) in [6.07, 6.45) is 1.73. The Labute approximate surface area is 172 Å². The molecule has 2 aliphatic heterocycles. The number of hydrogen-bond acceptors (Lipinski definition) is 9. The standard InChI is InChI=1S/C20H22N6O4/c1-2-15(18(21-5-1)22-11-14-12-27-6-7-28-14)19-24-20(26-25-19)23-13-3-4-16-17(10-13)30-9-8-29-16/h1-5,10,14H,6-9,11-12H2,(H,21,22)(H2,23,24,25,26). The van der Waals surface area contributed by atoms with Gasteiger partial charge in [-0.1, -0.05) is 0 Å². The second-order valence-corrected chi connectivity index (χ2v) is 6.85. The van der Waals surface area contributed by atoms with E-state index in [0.29, 0.717) is 62.9 Å². The number of nitrogens with zero attached hydrogens (tertiary/aromatic N) is 3. The molecule has 1 aromatic carbocycles. The van der Waals surface area contributed by atoms with Crippen LogP contribution in [0, 0.1) is 0 Å². The van der Waals surface area contributed by atoms with Gasteiger partial charge in [-0.25, -0.2) is 4.98 Å². The third-order valence-electron chi connectivity index (χ3n) is 4.74. The van der Waals surface area contributed by atoms with Gasteiger partial charge in [-0.2, -0.15) is 0 Å². The Kier molecular flexibility index (Phi) is 5.32. The number of aromatic amines is 1. The molecule has 3 N–H and O–H groups in total. The zero-order valence-electron chi connectivity index (χ0n) is 16.3. The van der Waals surface area contributed by atoms with Crippen LogP contribution in [0.5, 0.6) is 11.5 Å². The molecule has 5 rings (SSSR count). The van der Waals surface area contributed by atoms with Crippen molar-refractivity contribution in [1.29, 1.82) is 0 Å². The van der Waals surface area contributed by atoms with Gasteiger partial charge in [0.25, 0.3) is 0 Å². The molecule has 10 heteroatoms. The van der Waals surface area contributed by atoms with Crippen LogP contribution < -0.4 is 20.1 Å². The fourth-order valence-corrected chi connectivity index (χ4v) is 3.30. The Morgan fingerprint density at radius 3 is 2.87 bits per heavy atom. The summed E-state index contributed by atoms with van der Waals surface area (Å²) in [6, 6.07) is 9.44. The zero-order chi connectivity index (χ0) is 20.2. The van der Waals surface area contributed by atoms with Crippen LogP contribution in [0.4, 0.5) is 17.5 Å². The highest BCUT2D eigenvalue weighted by atomic mass is 16.6. The molecule has 0 saturated carbocycles. The molecule has 0 amide bonds. The fraction of sp³-hybridized carbons (Fsp3) is 0.350. The van der Waals surface area contributed by atoms with Gasteiger partial charge in [-0.15, -0.1) is 10.2 Å². The van der Waals surface area contributed by atoms with Gasteiger partial charge in [-0.05, 0) is 24.3 Å². The van der Waals surface area contributed by atoms with E-state index in [0.717, 1.165) is 17.0 Å². The molecule has 4 heterocycles. The molecule has 2 aromatic heterocycles. The van der Waals surface area contributed by atoms with E-state index in [2.05, 4.69) is 30.8 Å². The van der Waals surface area contributed by atoms with Crippen LogP contribution in [0.15, 0.2) is 36.5 Å². The summed E-state index contributed by atoms with van der Waals surface area (Å²) >= 11 is 0. The molecular formula is C20H22N6O4. The van der Waals surface area contributed by atoms with E-state index in [1.807, 2.05) is 30.3 Å². The second kappa shape index (κ2) is 8.56. The van der Waals surface area contributed by atoms with Gasteiger partial charge in [0.05, 0.1) is 31.5 Å². The number of H-pyrrole nitrogens is 1. The first-order chi connectivity index (χ1) is 14.8. The van der Waals surface area contributed by atoms with Crippen LogP contribution in [0.3, 0.4) is 0 Å². The fourth-order valence-electron chi connectivity index (χ4n) is 3.30. The van der Waals surface area contributed by atoms with Gasteiger partial charge in [0.2, 0.25) is 5.95 Å². The molecule has 0 spiro atoms. The summed E-state index contributed by atoms with van der Waals surface area (Å²) in [5, 5.41) is 15.0. The molecule has 3 aromatic rings. The summed E-state index contributed by atoms with van der Waals surface area (Å²) in [4.78, 5) is 7.63. The van der Waals surface area contributed by atoms with E-state index in [4.69, 9.17) is 18.9 Å². The van der Waals surface area contributed by atoms with Crippen molar-refractivity contribution in [2.24, 2.45) is 0 Å². The lowest BCUT2D eigenvalue weighted by Gasteiger charge is -2.23. The number of hydrogen-bond donors (Lipinski definition) is 3. The van der Waals surface area contributed by atoms with Crippen molar-refractivity contribution in [3.63, 3.8) is 0 Å². The number of ether oxygens (including phenoxy) is 4. The minimum absolute atomic E-state index is 0.00392. The monoisotopic (exact) mass is 410 g/mol. The Morgan fingerprint density at radius 1 is 1.03 bits per heavy atom. The van der Waals surface area contributed by atoms with Crippen molar-refractivity contribution in [3.8, 4) is 22.9 Å². The van der Waals surface area contributed by atoms with Gasteiger partial charge in [0.15, 0.2) is 17.3 Å². The Bertz CT molecular complexity index is 1000. The lowest BCUT2D eigenvalue weighted by atomic mass is 10.2. The van der Waals surface area contributed by atoms with Crippen LogP contribution in [-0.4, -0.2) is 65.8 Å². The molecule has 1 fully saturated rings. The van der Waals surface area contributed by atoms with E-state index in [-0.39, 0.29) is 6.10 Å². The third kappa shape index (κ3) is 4.14. The van der Waals surface area contributed by atoms with Crippen molar-refractivity contribution < 1.29 is 18.9 Å². The summed E-state index contributed by atoms with van der Waals surface area (Å²) in [6.45, 7) is 3.52. The molecular weight excluding hydrogens is 388 g/mol. The average molecular weight is 410 g/mol. The van der Waals surface area contributed by atoms with Crippen molar-refractivity contribution in [2.45, 2.75) is 6.10 Å². The van der Waals surface area contributed by atoms with E-state index in [9.17, 15) is 0 Å². The maximum Gasteiger partial charge on any atom is 0.226 e. The summed E-state index contributed by atoms with van der Waals surface area (Å²) < 4.78 is 22.3. The van der Waals surface area contributed by atoms with E-state index in [1.165, 1.54) is 0 Å². The largest absolute Gasteiger partial charge is 0.486 e. The second-order valence-electron chi connectivity index (χ2n) is 6.85. The van der Waals surface area contributed by atoms with Gasteiger partial charge in [-0.3, -0.25) is 0 Å². The van der Waals surface area contributed by atoms with E-state index in [1.54, 1.807) is 6.20 Å². The Balaban J connectivity index is 1.29. The molecule has 1 atom stereocenters. The molecule has 156 valence electrons. The van der Waals surface area contributed by atoms with Crippen molar-refractivity contribution in [2.75, 3.05) is 50.2 Å². The van der Waals surface area contributed by atoms with Crippen LogP contribution in [-0.2, 0) is 9.47 Å². The summed E-state index contributed by atoms with van der Waals surface area (Å²) in [7, 11) is 0. The minimum atomic E-state index is -0.00392. The SMILES string of the molecule is c1cnc(NCC2COCCO2)c(-c2nnc(Nc3ccc4c(c3)OCCO4)[nH]2)c1. The van der Waals surface area contributed by atoms with Gasteiger partial charge < -0.3 is 34.6 Å².